The number of rotatable bonds is 5. The first kappa shape index (κ1) is 14.2. The lowest BCUT2D eigenvalue weighted by molar-refractivity contribution is 0.0523. The summed E-state index contributed by atoms with van der Waals surface area (Å²) < 4.78 is 5.07. The standard InChI is InChI=1S/C10H22N2O3/c1-8(11-5-6-13)7-12-9(14)15-10(2,3)4/h8,11,13H,5-7H2,1-4H3,(H,12,14). The molecule has 1 atom stereocenters. The third-order valence-corrected chi connectivity index (χ3v) is 1.56. The van der Waals surface area contributed by atoms with Crippen molar-refractivity contribution in [3.63, 3.8) is 0 Å². The van der Waals surface area contributed by atoms with Gasteiger partial charge in [-0.15, -0.1) is 0 Å². The Morgan fingerprint density at radius 1 is 1.47 bits per heavy atom. The molecule has 0 radical (unpaired) electrons. The molecule has 0 saturated heterocycles. The molecular weight excluding hydrogens is 196 g/mol. The number of carbonyl (C=O) groups excluding carboxylic acids is 1. The van der Waals surface area contributed by atoms with Crippen molar-refractivity contribution < 1.29 is 14.6 Å². The van der Waals surface area contributed by atoms with Crippen LogP contribution in [-0.4, -0.2) is 42.5 Å². The van der Waals surface area contributed by atoms with Crippen molar-refractivity contribution in [2.75, 3.05) is 19.7 Å². The first-order chi connectivity index (χ1) is 6.85. The van der Waals surface area contributed by atoms with Gasteiger partial charge in [0, 0.05) is 19.1 Å². The van der Waals surface area contributed by atoms with E-state index >= 15 is 0 Å². The predicted molar refractivity (Wildman–Crippen MR) is 58.8 cm³/mol. The molecule has 0 aliphatic heterocycles. The van der Waals surface area contributed by atoms with Crippen LogP contribution in [0.4, 0.5) is 4.79 Å². The average Bonchev–Trinajstić information content (AvgIpc) is 2.08. The number of hydrogen-bond donors (Lipinski definition) is 3. The highest BCUT2D eigenvalue weighted by Crippen LogP contribution is 2.06. The third kappa shape index (κ3) is 9.49. The largest absolute Gasteiger partial charge is 0.444 e. The molecule has 3 N–H and O–H groups in total. The fourth-order valence-corrected chi connectivity index (χ4v) is 0.934. The SMILES string of the molecule is CC(CNC(=O)OC(C)(C)C)NCCO. The quantitative estimate of drug-likeness (QED) is 0.628. The first-order valence-corrected chi connectivity index (χ1v) is 5.16. The molecule has 0 heterocycles. The van der Waals surface area contributed by atoms with E-state index in [0.29, 0.717) is 13.1 Å². The summed E-state index contributed by atoms with van der Waals surface area (Å²) in [5.41, 5.74) is -0.466. The van der Waals surface area contributed by atoms with Crippen LogP contribution >= 0.6 is 0 Å². The van der Waals surface area contributed by atoms with Crippen LogP contribution in [0.5, 0.6) is 0 Å². The lowest BCUT2D eigenvalue weighted by atomic mass is 10.2. The smallest absolute Gasteiger partial charge is 0.407 e. The maximum absolute atomic E-state index is 11.2. The molecule has 0 aromatic heterocycles. The van der Waals surface area contributed by atoms with E-state index in [2.05, 4.69) is 10.6 Å². The van der Waals surface area contributed by atoms with Crippen LogP contribution in [0.15, 0.2) is 0 Å². The van der Waals surface area contributed by atoms with Crippen LogP contribution in [0.1, 0.15) is 27.7 Å². The fraction of sp³-hybridized carbons (Fsp3) is 0.900. The molecule has 5 nitrogen and oxygen atoms in total. The Hall–Kier alpha value is -0.810. The van der Waals surface area contributed by atoms with Gasteiger partial charge in [-0.05, 0) is 27.7 Å². The van der Waals surface area contributed by atoms with E-state index in [1.54, 1.807) is 0 Å². The summed E-state index contributed by atoms with van der Waals surface area (Å²) >= 11 is 0. The van der Waals surface area contributed by atoms with Crippen molar-refractivity contribution in [1.82, 2.24) is 10.6 Å². The molecule has 0 aromatic carbocycles. The number of amides is 1. The summed E-state index contributed by atoms with van der Waals surface area (Å²) in [6.45, 7) is 8.48. The summed E-state index contributed by atoms with van der Waals surface area (Å²) in [6.07, 6.45) is -0.417. The molecule has 0 spiro atoms. The van der Waals surface area contributed by atoms with Crippen molar-refractivity contribution in [3.8, 4) is 0 Å². The minimum Gasteiger partial charge on any atom is -0.444 e. The number of ether oxygens (including phenoxy) is 1. The van der Waals surface area contributed by atoms with Crippen molar-refractivity contribution in [3.05, 3.63) is 0 Å². The molecule has 0 rings (SSSR count). The minimum atomic E-state index is -0.466. The van der Waals surface area contributed by atoms with Crippen LogP contribution in [-0.2, 0) is 4.74 Å². The Kier molecular flexibility index (Phi) is 6.27. The lowest BCUT2D eigenvalue weighted by Crippen LogP contribution is -2.41. The van der Waals surface area contributed by atoms with E-state index < -0.39 is 11.7 Å². The van der Waals surface area contributed by atoms with Gasteiger partial charge in [-0.2, -0.15) is 0 Å². The monoisotopic (exact) mass is 218 g/mol. The summed E-state index contributed by atoms with van der Waals surface area (Å²) in [5, 5.41) is 14.2. The molecule has 0 bridgehead atoms. The van der Waals surface area contributed by atoms with Gasteiger partial charge in [-0.3, -0.25) is 0 Å². The Labute approximate surface area is 91.2 Å². The summed E-state index contributed by atoms with van der Waals surface area (Å²) in [7, 11) is 0. The number of aliphatic hydroxyl groups excluding tert-OH is 1. The molecule has 5 heteroatoms. The second-order valence-electron chi connectivity index (χ2n) is 4.46. The minimum absolute atomic E-state index is 0.0940. The van der Waals surface area contributed by atoms with E-state index in [0.717, 1.165) is 0 Å². The maximum atomic E-state index is 11.2. The summed E-state index contributed by atoms with van der Waals surface area (Å²) in [5.74, 6) is 0. The maximum Gasteiger partial charge on any atom is 0.407 e. The van der Waals surface area contributed by atoms with Gasteiger partial charge in [0.1, 0.15) is 5.60 Å². The highest BCUT2D eigenvalue weighted by Gasteiger charge is 2.16. The zero-order chi connectivity index (χ0) is 11.9. The highest BCUT2D eigenvalue weighted by molar-refractivity contribution is 5.67. The lowest BCUT2D eigenvalue weighted by Gasteiger charge is -2.21. The summed E-state index contributed by atoms with van der Waals surface area (Å²) in [4.78, 5) is 11.2. The number of aliphatic hydroxyl groups is 1. The van der Waals surface area contributed by atoms with Crippen LogP contribution in [0.3, 0.4) is 0 Å². The average molecular weight is 218 g/mol. The zero-order valence-corrected chi connectivity index (χ0v) is 9.96. The van der Waals surface area contributed by atoms with Gasteiger partial charge in [0.2, 0.25) is 0 Å². The van der Waals surface area contributed by atoms with E-state index in [9.17, 15) is 4.79 Å². The molecule has 0 aromatic rings. The zero-order valence-electron chi connectivity index (χ0n) is 9.96. The number of alkyl carbamates (subject to hydrolysis) is 1. The molecule has 0 aliphatic carbocycles. The van der Waals surface area contributed by atoms with Gasteiger partial charge in [0.05, 0.1) is 6.61 Å². The Bertz CT molecular complexity index is 190. The van der Waals surface area contributed by atoms with Crippen LogP contribution in [0.25, 0.3) is 0 Å². The molecule has 0 fully saturated rings. The molecule has 90 valence electrons. The number of nitrogens with one attached hydrogen (secondary N) is 2. The van der Waals surface area contributed by atoms with Crippen LogP contribution in [0.2, 0.25) is 0 Å². The van der Waals surface area contributed by atoms with Crippen molar-refractivity contribution in [1.29, 1.82) is 0 Å². The van der Waals surface area contributed by atoms with Gasteiger partial charge in [0.25, 0.3) is 0 Å². The van der Waals surface area contributed by atoms with Crippen LogP contribution in [0, 0.1) is 0 Å². The third-order valence-electron chi connectivity index (χ3n) is 1.56. The van der Waals surface area contributed by atoms with E-state index in [-0.39, 0.29) is 12.6 Å². The Morgan fingerprint density at radius 3 is 2.53 bits per heavy atom. The predicted octanol–water partition coefficient (Wildman–Crippen LogP) is 0.481. The van der Waals surface area contributed by atoms with Crippen molar-refractivity contribution in [2.24, 2.45) is 0 Å². The Morgan fingerprint density at radius 2 is 2.07 bits per heavy atom. The van der Waals surface area contributed by atoms with Gasteiger partial charge in [0.15, 0.2) is 0 Å². The van der Waals surface area contributed by atoms with Crippen molar-refractivity contribution >= 4 is 6.09 Å². The Balaban J connectivity index is 3.62. The van der Waals surface area contributed by atoms with E-state index in [1.807, 2.05) is 27.7 Å². The summed E-state index contributed by atoms with van der Waals surface area (Å²) in [6, 6.07) is 0.115. The second kappa shape index (κ2) is 6.63. The van der Waals surface area contributed by atoms with Gasteiger partial charge in [-0.1, -0.05) is 0 Å². The van der Waals surface area contributed by atoms with Gasteiger partial charge < -0.3 is 20.5 Å². The normalized spacial score (nSPS) is 13.4. The molecule has 1 amide bonds. The molecule has 0 aliphatic rings. The first-order valence-electron chi connectivity index (χ1n) is 5.16. The molecule has 1 unspecified atom stereocenters. The fourth-order valence-electron chi connectivity index (χ4n) is 0.934. The second-order valence-corrected chi connectivity index (χ2v) is 4.46. The van der Waals surface area contributed by atoms with Gasteiger partial charge >= 0.3 is 6.09 Å². The van der Waals surface area contributed by atoms with Gasteiger partial charge in [-0.25, -0.2) is 4.79 Å². The van der Waals surface area contributed by atoms with E-state index in [4.69, 9.17) is 9.84 Å². The molecule has 15 heavy (non-hydrogen) atoms. The number of hydrogen-bond acceptors (Lipinski definition) is 4. The van der Waals surface area contributed by atoms with Crippen molar-refractivity contribution in [2.45, 2.75) is 39.3 Å². The topological polar surface area (TPSA) is 70.6 Å². The number of carbonyl (C=O) groups is 1. The van der Waals surface area contributed by atoms with E-state index in [1.165, 1.54) is 0 Å². The molecular formula is C10H22N2O3. The van der Waals surface area contributed by atoms with Crippen LogP contribution < -0.4 is 10.6 Å². The highest BCUT2D eigenvalue weighted by atomic mass is 16.6. The molecule has 0 saturated carbocycles.